The number of fused-ring (bicyclic) bond motifs is 1. The van der Waals surface area contributed by atoms with Crippen LogP contribution < -0.4 is 29.0 Å². The predicted octanol–water partition coefficient (Wildman–Crippen LogP) is 1.03. The third-order valence-electron chi connectivity index (χ3n) is 4.90. The Morgan fingerprint density at radius 1 is 1.19 bits per heavy atom. The van der Waals surface area contributed by atoms with Crippen molar-refractivity contribution >= 4 is 15.9 Å². The Labute approximate surface area is 185 Å². The lowest BCUT2D eigenvalue weighted by Crippen LogP contribution is -2.35. The van der Waals surface area contributed by atoms with E-state index in [0.717, 1.165) is 12.8 Å². The molecule has 0 bridgehead atoms. The number of aliphatic hydroxyl groups excluding tert-OH is 1. The Morgan fingerprint density at radius 3 is 2.72 bits per heavy atom. The molecule has 1 amide bonds. The highest BCUT2D eigenvalue weighted by molar-refractivity contribution is 7.89. The van der Waals surface area contributed by atoms with Gasteiger partial charge in [0.1, 0.15) is 29.1 Å². The van der Waals surface area contributed by atoms with Crippen molar-refractivity contribution in [2.75, 3.05) is 27.1 Å². The fourth-order valence-electron chi connectivity index (χ4n) is 3.04. The van der Waals surface area contributed by atoms with Crippen LogP contribution >= 0.6 is 0 Å². The molecule has 1 aliphatic carbocycles. The topological polar surface area (TPSA) is 132 Å². The van der Waals surface area contributed by atoms with E-state index >= 15 is 0 Å². The van der Waals surface area contributed by atoms with Gasteiger partial charge in [-0.15, -0.1) is 0 Å². The standard InChI is InChI=1S/C21H24N2O8S/c1-28-18-6-2-13(8-20(18)32(26,27)23-14-3-4-14)21(25)22-10-15(24)11-29-16-5-7-17-19(9-16)31-12-30-17/h2,5-9,14-15,23-24H,3-4,10-12H2,1H3,(H,22,25). The SMILES string of the molecule is COc1ccc(C(=O)NCC(O)COc2ccc3c(c2)OCO3)cc1S(=O)(=O)NC1CC1. The maximum atomic E-state index is 12.6. The number of hydrogen-bond donors (Lipinski definition) is 3. The van der Waals surface area contributed by atoms with Crippen LogP contribution in [0.3, 0.4) is 0 Å². The molecule has 172 valence electrons. The van der Waals surface area contributed by atoms with Crippen LogP contribution in [-0.4, -0.2) is 58.6 Å². The number of hydrogen-bond acceptors (Lipinski definition) is 8. The number of carbonyl (C=O) groups is 1. The van der Waals surface area contributed by atoms with E-state index in [1.165, 1.54) is 25.3 Å². The average Bonchev–Trinajstić information content (AvgIpc) is 3.46. The summed E-state index contributed by atoms with van der Waals surface area (Å²) in [6.45, 7) is 0.00373. The largest absolute Gasteiger partial charge is 0.495 e. The zero-order chi connectivity index (χ0) is 22.7. The fraction of sp³-hybridized carbons (Fsp3) is 0.381. The number of sulfonamides is 1. The van der Waals surface area contributed by atoms with Crippen molar-refractivity contribution < 1.29 is 37.3 Å². The third-order valence-corrected chi connectivity index (χ3v) is 6.44. The minimum Gasteiger partial charge on any atom is -0.495 e. The van der Waals surface area contributed by atoms with Gasteiger partial charge in [0, 0.05) is 24.2 Å². The van der Waals surface area contributed by atoms with Crippen molar-refractivity contribution in [3.05, 3.63) is 42.0 Å². The Morgan fingerprint density at radius 2 is 1.97 bits per heavy atom. The van der Waals surface area contributed by atoms with Gasteiger partial charge in [-0.3, -0.25) is 4.79 Å². The van der Waals surface area contributed by atoms with Crippen LogP contribution in [0.25, 0.3) is 0 Å². The molecule has 1 atom stereocenters. The van der Waals surface area contributed by atoms with Crippen LogP contribution in [-0.2, 0) is 10.0 Å². The molecule has 2 aliphatic rings. The second kappa shape index (κ2) is 9.23. The van der Waals surface area contributed by atoms with E-state index in [0.29, 0.717) is 17.2 Å². The lowest BCUT2D eigenvalue weighted by atomic mass is 10.2. The molecule has 0 spiro atoms. The molecule has 32 heavy (non-hydrogen) atoms. The maximum Gasteiger partial charge on any atom is 0.251 e. The van der Waals surface area contributed by atoms with Crippen LogP contribution in [0, 0.1) is 0 Å². The molecular weight excluding hydrogens is 440 g/mol. The quantitative estimate of drug-likeness (QED) is 0.475. The van der Waals surface area contributed by atoms with Gasteiger partial charge in [0.15, 0.2) is 11.5 Å². The molecule has 4 rings (SSSR count). The highest BCUT2D eigenvalue weighted by Crippen LogP contribution is 2.35. The maximum absolute atomic E-state index is 12.6. The first-order valence-corrected chi connectivity index (χ1v) is 11.5. The molecule has 1 saturated carbocycles. The van der Waals surface area contributed by atoms with Crippen molar-refractivity contribution in [1.82, 2.24) is 10.0 Å². The Bertz CT molecular complexity index is 1100. The van der Waals surface area contributed by atoms with Crippen LogP contribution in [0.4, 0.5) is 0 Å². The van der Waals surface area contributed by atoms with Gasteiger partial charge in [-0.05, 0) is 43.2 Å². The van der Waals surface area contributed by atoms with E-state index in [1.54, 1.807) is 18.2 Å². The summed E-state index contributed by atoms with van der Waals surface area (Å²) in [6.07, 6.45) is 0.587. The second-order valence-electron chi connectivity index (χ2n) is 7.45. The zero-order valence-corrected chi connectivity index (χ0v) is 18.2. The summed E-state index contributed by atoms with van der Waals surface area (Å²) in [7, 11) is -2.45. The molecule has 1 fully saturated rings. The number of aliphatic hydroxyl groups is 1. The summed E-state index contributed by atoms with van der Waals surface area (Å²) >= 11 is 0. The van der Waals surface area contributed by atoms with E-state index in [9.17, 15) is 18.3 Å². The van der Waals surface area contributed by atoms with E-state index in [2.05, 4.69) is 10.0 Å². The predicted molar refractivity (Wildman–Crippen MR) is 113 cm³/mol. The fourth-order valence-corrected chi connectivity index (χ4v) is 4.54. The molecule has 1 unspecified atom stereocenters. The van der Waals surface area contributed by atoms with E-state index in [-0.39, 0.29) is 42.2 Å². The summed E-state index contributed by atoms with van der Waals surface area (Å²) in [5, 5.41) is 12.7. The lowest BCUT2D eigenvalue weighted by molar-refractivity contribution is 0.0843. The summed E-state index contributed by atoms with van der Waals surface area (Å²) < 4.78 is 48.9. The van der Waals surface area contributed by atoms with Crippen molar-refractivity contribution in [2.45, 2.75) is 29.9 Å². The number of rotatable bonds is 10. The summed E-state index contributed by atoms with van der Waals surface area (Å²) in [5.74, 6) is 1.29. The number of nitrogens with one attached hydrogen (secondary N) is 2. The van der Waals surface area contributed by atoms with E-state index < -0.39 is 22.0 Å². The Hall–Kier alpha value is -3.02. The number of ether oxygens (including phenoxy) is 4. The monoisotopic (exact) mass is 464 g/mol. The van der Waals surface area contributed by atoms with Crippen LogP contribution in [0.5, 0.6) is 23.0 Å². The first-order valence-electron chi connectivity index (χ1n) is 10.0. The lowest BCUT2D eigenvalue weighted by Gasteiger charge is -2.15. The molecule has 2 aromatic carbocycles. The van der Waals surface area contributed by atoms with Gasteiger partial charge >= 0.3 is 0 Å². The van der Waals surface area contributed by atoms with Gasteiger partial charge in [-0.25, -0.2) is 13.1 Å². The Kier molecular flexibility index (Phi) is 6.40. The molecule has 0 radical (unpaired) electrons. The van der Waals surface area contributed by atoms with Gasteiger partial charge in [0.25, 0.3) is 5.91 Å². The van der Waals surface area contributed by atoms with Gasteiger partial charge in [-0.2, -0.15) is 0 Å². The van der Waals surface area contributed by atoms with Crippen LogP contribution in [0.1, 0.15) is 23.2 Å². The molecule has 0 aromatic heterocycles. The van der Waals surface area contributed by atoms with Crippen LogP contribution in [0.15, 0.2) is 41.3 Å². The van der Waals surface area contributed by atoms with Gasteiger partial charge in [0.05, 0.1) is 7.11 Å². The average molecular weight is 464 g/mol. The highest BCUT2D eigenvalue weighted by Gasteiger charge is 2.30. The third kappa shape index (κ3) is 5.23. The first kappa shape index (κ1) is 22.2. The van der Waals surface area contributed by atoms with E-state index in [4.69, 9.17) is 18.9 Å². The molecule has 1 heterocycles. The van der Waals surface area contributed by atoms with Crippen LogP contribution in [0.2, 0.25) is 0 Å². The van der Waals surface area contributed by atoms with Crippen molar-refractivity contribution in [2.24, 2.45) is 0 Å². The Balaban J connectivity index is 1.33. The minimum atomic E-state index is -3.81. The van der Waals surface area contributed by atoms with Crippen molar-refractivity contribution in [1.29, 1.82) is 0 Å². The molecular formula is C21H24N2O8S. The highest BCUT2D eigenvalue weighted by atomic mass is 32.2. The number of carbonyl (C=O) groups excluding carboxylic acids is 1. The van der Waals surface area contributed by atoms with Gasteiger partial charge < -0.3 is 29.4 Å². The molecule has 2 aromatic rings. The van der Waals surface area contributed by atoms with Gasteiger partial charge in [0.2, 0.25) is 16.8 Å². The number of methoxy groups -OCH3 is 1. The van der Waals surface area contributed by atoms with Crippen molar-refractivity contribution in [3.8, 4) is 23.0 Å². The molecule has 11 heteroatoms. The molecule has 3 N–H and O–H groups in total. The smallest absolute Gasteiger partial charge is 0.251 e. The van der Waals surface area contributed by atoms with E-state index in [1.807, 2.05) is 0 Å². The molecule has 1 aliphatic heterocycles. The molecule has 10 nitrogen and oxygen atoms in total. The normalized spacial score (nSPS) is 15.8. The first-order chi connectivity index (χ1) is 15.4. The zero-order valence-electron chi connectivity index (χ0n) is 17.4. The summed E-state index contributed by atoms with van der Waals surface area (Å²) in [4.78, 5) is 12.4. The summed E-state index contributed by atoms with van der Waals surface area (Å²) in [6, 6.07) is 9.11. The summed E-state index contributed by atoms with van der Waals surface area (Å²) in [5.41, 5.74) is 0.130. The molecule has 0 saturated heterocycles. The second-order valence-corrected chi connectivity index (χ2v) is 9.13. The minimum absolute atomic E-state index is 0.0620. The number of amides is 1. The number of benzene rings is 2. The van der Waals surface area contributed by atoms with Crippen molar-refractivity contribution in [3.63, 3.8) is 0 Å². The van der Waals surface area contributed by atoms with Gasteiger partial charge in [-0.1, -0.05) is 0 Å².